The Balaban J connectivity index is 2.21. The first kappa shape index (κ1) is 11.4. The maximum absolute atomic E-state index is 8.55. The predicted octanol–water partition coefficient (Wildman–Crippen LogP) is 0.971. The number of nitrogens with two attached hydrogens (primary N) is 1. The van der Waals surface area contributed by atoms with Crippen LogP contribution >= 0.6 is 0 Å². The Hall–Kier alpha value is -2.11. The average Bonchev–Trinajstić information content (AvgIpc) is 2.38. The molecule has 0 bridgehead atoms. The summed E-state index contributed by atoms with van der Waals surface area (Å²) in [7, 11) is 0. The number of oxime groups is 1. The van der Waals surface area contributed by atoms with E-state index in [4.69, 9.17) is 25.2 Å². The fraction of sp³-hybridized carbons (Fsp3) is 0.364. The van der Waals surface area contributed by atoms with Crippen LogP contribution in [0.25, 0.3) is 0 Å². The molecule has 1 heterocycles. The molecule has 1 aliphatic heterocycles. The third kappa shape index (κ3) is 2.35. The molecule has 1 atom stereocenters. The Bertz CT molecular complexity index is 433. The molecule has 6 heteroatoms. The molecule has 0 amide bonds. The van der Waals surface area contributed by atoms with Crippen molar-refractivity contribution in [1.29, 1.82) is 0 Å². The van der Waals surface area contributed by atoms with Gasteiger partial charge in [0.1, 0.15) is 13.2 Å². The number of nitrogens with zero attached hydrogens (tertiary/aromatic N) is 1. The van der Waals surface area contributed by atoms with Gasteiger partial charge in [-0.3, -0.25) is 0 Å². The molecule has 0 aliphatic carbocycles. The fourth-order valence-electron chi connectivity index (χ4n) is 1.47. The number of hydrogen-bond donors (Lipinski definition) is 2. The minimum absolute atomic E-state index is 0.000620. The first-order chi connectivity index (χ1) is 8.22. The van der Waals surface area contributed by atoms with Crippen LogP contribution in [0.3, 0.4) is 0 Å². The summed E-state index contributed by atoms with van der Waals surface area (Å²) in [5, 5.41) is 11.4. The standard InChI is InChI=1S/C11H14N2O4/c1-7(11(12)13-14)17-9-4-2-3-8-10(9)16-6-5-15-8/h2-4,7,14H,5-6H2,1H3,(H2,12,13). The van der Waals surface area contributed by atoms with Gasteiger partial charge in [0, 0.05) is 0 Å². The highest BCUT2D eigenvalue weighted by Gasteiger charge is 2.19. The van der Waals surface area contributed by atoms with Gasteiger partial charge in [0.15, 0.2) is 23.4 Å². The molecule has 1 unspecified atom stereocenters. The molecule has 0 saturated heterocycles. The van der Waals surface area contributed by atoms with Crippen LogP contribution in [0.1, 0.15) is 6.92 Å². The van der Waals surface area contributed by atoms with Crippen LogP contribution < -0.4 is 19.9 Å². The second kappa shape index (κ2) is 4.82. The molecular weight excluding hydrogens is 224 g/mol. The summed E-state index contributed by atoms with van der Waals surface area (Å²) in [6.45, 7) is 2.68. The Morgan fingerprint density at radius 1 is 1.47 bits per heavy atom. The number of fused-ring (bicyclic) bond motifs is 1. The number of para-hydroxylation sites is 1. The predicted molar refractivity (Wildman–Crippen MR) is 60.9 cm³/mol. The van der Waals surface area contributed by atoms with E-state index in [0.717, 1.165) is 0 Å². The Morgan fingerprint density at radius 3 is 3.00 bits per heavy atom. The van der Waals surface area contributed by atoms with Gasteiger partial charge >= 0.3 is 0 Å². The summed E-state index contributed by atoms with van der Waals surface area (Å²) in [5.74, 6) is 1.71. The SMILES string of the molecule is CC(Oc1cccc2c1OCCO2)/C(N)=N/O. The van der Waals surface area contributed by atoms with E-state index in [0.29, 0.717) is 30.5 Å². The van der Waals surface area contributed by atoms with Crippen molar-refractivity contribution in [3.63, 3.8) is 0 Å². The molecule has 6 nitrogen and oxygen atoms in total. The van der Waals surface area contributed by atoms with Crippen LogP contribution in [0.4, 0.5) is 0 Å². The molecule has 0 fully saturated rings. The Kier molecular flexibility index (Phi) is 3.22. The van der Waals surface area contributed by atoms with Crippen molar-refractivity contribution in [1.82, 2.24) is 0 Å². The van der Waals surface area contributed by atoms with Crippen molar-refractivity contribution in [3.05, 3.63) is 18.2 Å². The number of benzene rings is 1. The zero-order valence-electron chi connectivity index (χ0n) is 9.42. The zero-order valence-corrected chi connectivity index (χ0v) is 9.42. The smallest absolute Gasteiger partial charge is 0.203 e. The van der Waals surface area contributed by atoms with E-state index >= 15 is 0 Å². The zero-order chi connectivity index (χ0) is 12.3. The summed E-state index contributed by atoms with van der Waals surface area (Å²) < 4.78 is 16.4. The van der Waals surface area contributed by atoms with Gasteiger partial charge in [0.05, 0.1) is 0 Å². The van der Waals surface area contributed by atoms with E-state index in [1.54, 1.807) is 25.1 Å². The molecule has 2 rings (SSSR count). The van der Waals surface area contributed by atoms with Crippen LogP contribution in [0.5, 0.6) is 17.2 Å². The molecular formula is C11H14N2O4. The number of hydrogen-bond acceptors (Lipinski definition) is 5. The van der Waals surface area contributed by atoms with Crippen molar-refractivity contribution in [2.45, 2.75) is 13.0 Å². The van der Waals surface area contributed by atoms with E-state index in [2.05, 4.69) is 5.16 Å². The van der Waals surface area contributed by atoms with Crippen LogP contribution in [-0.4, -0.2) is 30.4 Å². The van der Waals surface area contributed by atoms with Crippen LogP contribution in [0.15, 0.2) is 23.4 Å². The van der Waals surface area contributed by atoms with Crippen molar-refractivity contribution in [2.75, 3.05) is 13.2 Å². The summed E-state index contributed by atoms with van der Waals surface area (Å²) in [4.78, 5) is 0. The van der Waals surface area contributed by atoms with E-state index in [1.165, 1.54) is 0 Å². The number of rotatable bonds is 3. The van der Waals surface area contributed by atoms with Crippen molar-refractivity contribution in [2.24, 2.45) is 10.9 Å². The van der Waals surface area contributed by atoms with Gasteiger partial charge in [-0.1, -0.05) is 11.2 Å². The minimum Gasteiger partial charge on any atom is -0.486 e. The molecule has 0 aromatic heterocycles. The van der Waals surface area contributed by atoms with Crippen LogP contribution in [0.2, 0.25) is 0 Å². The van der Waals surface area contributed by atoms with Crippen LogP contribution in [-0.2, 0) is 0 Å². The van der Waals surface area contributed by atoms with Gasteiger partial charge in [0.25, 0.3) is 0 Å². The second-order valence-electron chi connectivity index (χ2n) is 3.57. The lowest BCUT2D eigenvalue weighted by molar-refractivity contribution is 0.159. The van der Waals surface area contributed by atoms with Gasteiger partial charge in [-0.15, -0.1) is 0 Å². The van der Waals surface area contributed by atoms with Crippen molar-refractivity contribution in [3.8, 4) is 17.2 Å². The molecule has 17 heavy (non-hydrogen) atoms. The van der Waals surface area contributed by atoms with Gasteiger partial charge < -0.3 is 25.2 Å². The molecule has 0 radical (unpaired) electrons. The lowest BCUT2D eigenvalue weighted by Gasteiger charge is -2.22. The van der Waals surface area contributed by atoms with Gasteiger partial charge in [-0.05, 0) is 19.1 Å². The van der Waals surface area contributed by atoms with E-state index < -0.39 is 6.10 Å². The first-order valence-corrected chi connectivity index (χ1v) is 5.25. The highest BCUT2D eigenvalue weighted by atomic mass is 16.6. The number of ether oxygens (including phenoxy) is 3. The molecule has 92 valence electrons. The van der Waals surface area contributed by atoms with Crippen molar-refractivity contribution >= 4 is 5.84 Å². The molecule has 1 aromatic carbocycles. The molecule has 3 N–H and O–H groups in total. The van der Waals surface area contributed by atoms with E-state index in [1.807, 2.05) is 0 Å². The largest absolute Gasteiger partial charge is 0.486 e. The lowest BCUT2D eigenvalue weighted by atomic mass is 10.2. The highest BCUT2D eigenvalue weighted by molar-refractivity contribution is 5.84. The fourth-order valence-corrected chi connectivity index (χ4v) is 1.47. The van der Waals surface area contributed by atoms with Crippen molar-refractivity contribution < 1.29 is 19.4 Å². The third-order valence-corrected chi connectivity index (χ3v) is 2.37. The topological polar surface area (TPSA) is 86.3 Å². The van der Waals surface area contributed by atoms with Gasteiger partial charge in [0.2, 0.25) is 5.75 Å². The number of amidine groups is 1. The Morgan fingerprint density at radius 2 is 2.24 bits per heavy atom. The maximum atomic E-state index is 8.55. The molecule has 0 spiro atoms. The van der Waals surface area contributed by atoms with Crippen LogP contribution in [0, 0.1) is 0 Å². The minimum atomic E-state index is -0.544. The molecule has 1 aromatic rings. The molecule has 1 aliphatic rings. The summed E-state index contributed by atoms with van der Waals surface area (Å²) >= 11 is 0. The third-order valence-electron chi connectivity index (χ3n) is 2.37. The van der Waals surface area contributed by atoms with E-state index in [9.17, 15) is 0 Å². The second-order valence-corrected chi connectivity index (χ2v) is 3.57. The highest BCUT2D eigenvalue weighted by Crippen LogP contribution is 2.39. The van der Waals surface area contributed by atoms with Gasteiger partial charge in [-0.25, -0.2) is 0 Å². The first-order valence-electron chi connectivity index (χ1n) is 5.25. The van der Waals surface area contributed by atoms with E-state index in [-0.39, 0.29) is 5.84 Å². The average molecular weight is 238 g/mol. The van der Waals surface area contributed by atoms with Gasteiger partial charge in [-0.2, -0.15) is 0 Å². The normalized spacial score (nSPS) is 16.4. The summed E-state index contributed by atoms with van der Waals surface area (Å²) in [6, 6.07) is 5.34. The maximum Gasteiger partial charge on any atom is 0.203 e. The Labute approximate surface area is 98.6 Å². The summed E-state index contributed by atoms with van der Waals surface area (Å²) in [5.41, 5.74) is 5.44. The monoisotopic (exact) mass is 238 g/mol. The quantitative estimate of drug-likeness (QED) is 0.354. The lowest BCUT2D eigenvalue weighted by Crippen LogP contribution is -2.31. The summed E-state index contributed by atoms with van der Waals surface area (Å²) in [6.07, 6.45) is -0.544. The molecule has 0 saturated carbocycles.